The van der Waals surface area contributed by atoms with Gasteiger partial charge in [0.25, 0.3) is 5.91 Å². The van der Waals surface area contributed by atoms with Gasteiger partial charge in [-0.1, -0.05) is 6.92 Å². The summed E-state index contributed by atoms with van der Waals surface area (Å²) in [5.41, 5.74) is 6.92. The second kappa shape index (κ2) is 4.79. The van der Waals surface area contributed by atoms with E-state index in [-0.39, 0.29) is 18.1 Å². The molecule has 5 heteroatoms. The molecule has 1 aliphatic rings. The van der Waals surface area contributed by atoms with E-state index in [9.17, 15) is 4.79 Å². The van der Waals surface area contributed by atoms with Crippen LogP contribution in [0.5, 0.6) is 0 Å². The highest BCUT2D eigenvalue weighted by Gasteiger charge is 2.29. The molecule has 1 amide bonds. The number of aliphatic hydroxyl groups is 1. The molecule has 94 valence electrons. The van der Waals surface area contributed by atoms with Crippen molar-refractivity contribution in [3.05, 3.63) is 18.0 Å². The summed E-state index contributed by atoms with van der Waals surface area (Å²) in [7, 11) is 0. The van der Waals surface area contributed by atoms with E-state index in [0.717, 1.165) is 13.0 Å². The molecule has 1 saturated carbocycles. The summed E-state index contributed by atoms with van der Waals surface area (Å²) in [5.74, 6) is -0.105. The van der Waals surface area contributed by atoms with Crippen LogP contribution in [0.2, 0.25) is 0 Å². The number of rotatable bonds is 4. The average molecular weight is 237 g/mol. The molecule has 5 nitrogen and oxygen atoms in total. The smallest absolute Gasteiger partial charge is 0.268 e. The van der Waals surface area contributed by atoms with Gasteiger partial charge in [0.1, 0.15) is 5.69 Å². The number of nitrogens with one attached hydrogen (secondary N) is 1. The van der Waals surface area contributed by atoms with E-state index in [1.54, 1.807) is 12.3 Å². The molecule has 1 aromatic heterocycles. The third-order valence-corrected chi connectivity index (χ3v) is 3.06. The highest BCUT2D eigenvalue weighted by Crippen LogP contribution is 2.20. The second-order valence-corrected chi connectivity index (χ2v) is 4.65. The van der Waals surface area contributed by atoms with Crippen molar-refractivity contribution in [3.8, 4) is 0 Å². The summed E-state index contributed by atoms with van der Waals surface area (Å²) in [5, 5.41) is 12.1. The standard InChI is InChI=1S/C12H19N3O2/c1-2-3-15-7-8(13)4-11(15)12(17)14-9-5-10(16)6-9/h4,7,9-10,16H,2-3,5-6,13H2,1H3,(H,14,17). The van der Waals surface area contributed by atoms with Gasteiger partial charge in [0, 0.05) is 18.8 Å². The number of anilines is 1. The van der Waals surface area contributed by atoms with Gasteiger partial charge >= 0.3 is 0 Å². The van der Waals surface area contributed by atoms with Gasteiger partial charge in [0.15, 0.2) is 0 Å². The molecular weight excluding hydrogens is 218 g/mol. The third kappa shape index (κ3) is 2.61. The number of aromatic nitrogens is 1. The van der Waals surface area contributed by atoms with Gasteiger partial charge in [-0.15, -0.1) is 0 Å². The van der Waals surface area contributed by atoms with Crippen molar-refractivity contribution in [1.29, 1.82) is 0 Å². The zero-order chi connectivity index (χ0) is 12.4. The van der Waals surface area contributed by atoms with Gasteiger partial charge < -0.3 is 20.7 Å². The van der Waals surface area contributed by atoms with Crippen LogP contribution in [0, 0.1) is 0 Å². The number of aliphatic hydroxyl groups excluding tert-OH is 1. The Morgan fingerprint density at radius 3 is 2.94 bits per heavy atom. The first-order valence-electron chi connectivity index (χ1n) is 6.04. The predicted octanol–water partition coefficient (Wildman–Crippen LogP) is 0.733. The monoisotopic (exact) mass is 237 g/mol. The summed E-state index contributed by atoms with van der Waals surface area (Å²) in [6.45, 7) is 2.84. The van der Waals surface area contributed by atoms with Gasteiger partial charge in [0.05, 0.1) is 11.8 Å². The summed E-state index contributed by atoms with van der Waals surface area (Å²) in [6.07, 6.45) is 3.78. The summed E-state index contributed by atoms with van der Waals surface area (Å²) >= 11 is 0. The van der Waals surface area contributed by atoms with Crippen LogP contribution < -0.4 is 11.1 Å². The fourth-order valence-electron chi connectivity index (χ4n) is 2.11. The topological polar surface area (TPSA) is 80.3 Å². The van der Waals surface area contributed by atoms with E-state index in [1.165, 1.54) is 0 Å². The van der Waals surface area contributed by atoms with Gasteiger partial charge in [-0.05, 0) is 25.3 Å². The lowest BCUT2D eigenvalue weighted by molar-refractivity contribution is 0.0559. The average Bonchev–Trinajstić information content (AvgIpc) is 2.58. The van der Waals surface area contributed by atoms with Crippen molar-refractivity contribution >= 4 is 11.6 Å². The summed E-state index contributed by atoms with van der Waals surface area (Å²) < 4.78 is 1.87. The molecule has 1 fully saturated rings. The van der Waals surface area contributed by atoms with Crippen LogP contribution in [-0.4, -0.2) is 27.7 Å². The van der Waals surface area contributed by atoms with Gasteiger partial charge in [-0.2, -0.15) is 0 Å². The quantitative estimate of drug-likeness (QED) is 0.722. The molecule has 0 spiro atoms. The number of carbonyl (C=O) groups is 1. The first-order valence-corrected chi connectivity index (χ1v) is 6.04. The van der Waals surface area contributed by atoms with E-state index >= 15 is 0 Å². The lowest BCUT2D eigenvalue weighted by Crippen LogP contribution is -2.47. The molecule has 0 bridgehead atoms. The largest absolute Gasteiger partial charge is 0.397 e. The van der Waals surface area contributed by atoms with Crippen LogP contribution in [-0.2, 0) is 6.54 Å². The third-order valence-electron chi connectivity index (χ3n) is 3.06. The molecule has 0 aromatic carbocycles. The molecule has 17 heavy (non-hydrogen) atoms. The predicted molar refractivity (Wildman–Crippen MR) is 65.6 cm³/mol. The number of amides is 1. The number of hydrogen-bond acceptors (Lipinski definition) is 3. The molecule has 0 radical (unpaired) electrons. The zero-order valence-electron chi connectivity index (χ0n) is 10.0. The van der Waals surface area contributed by atoms with E-state index in [4.69, 9.17) is 10.8 Å². The first kappa shape index (κ1) is 12.0. The molecule has 0 unspecified atom stereocenters. The Hall–Kier alpha value is -1.49. The highest BCUT2D eigenvalue weighted by atomic mass is 16.3. The molecule has 0 saturated heterocycles. The van der Waals surface area contributed by atoms with Crippen LogP contribution in [0.4, 0.5) is 5.69 Å². The van der Waals surface area contributed by atoms with Crippen molar-refractivity contribution < 1.29 is 9.90 Å². The van der Waals surface area contributed by atoms with Crippen molar-refractivity contribution in [2.24, 2.45) is 0 Å². The van der Waals surface area contributed by atoms with E-state index in [2.05, 4.69) is 12.2 Å². The molecule has 4 N–H and O–H groups in total. The number of nitrogen functional groups attached to an aromatic ring is 1. The molecular formula is C12H19N3O2. The Bertz CT molecular complexity index is 408. The Labute approximate surface area is 101 Å². The fraction of sp³-hybridized carbons (Fsp3) is 0.583. The molecule has 0 atom stereocenters. The Kier molecular flexibility index (Phi) is 3.38. The van der Waals surface area contributed by atoms with Crippen LogP contribution in [0.15, 0.2) is 12.3 Å². The molecule has 1 heterocycles. The molecule has 1 aromatic rings. The maximum Gasteiger partial charge on any atom is 0.268 e. The van der Waals surface area contributed by atoms with Gasteiger partial charge in [-0.3, -0.25) is 4.79 Å². The van der Waals surface area contributed by atoms with Crippen molar-refractivity contribution in [1.82, 2.24) is 9.88 Å². The van der Waals surface area contributed by atoms with Crippen molar-refractivity contribution in [3.63, 3.8) is 0 Å². The minimum Gasteiger partial charge on any atom is -0.397 e. The number of nitrogens with two attached hydrogens (primary N) is 1. The highest BCUT2D eigenvalue weighted by molar-refractivity contribution is 5.94. The molecule has 2 rings (SSSR count). The minimum absolute atomic E-state index is 0.101. The number of hydrogen-bond donors (Lipinski definition) is 3. The maximum atomic E-state index is 12.0. The first-order chi connectivity index (χ1) is 8.10. The normalized spacial score (nSPS) is 23.2. The van der Waals surface area contributed by atoms with Gasteiger partial charge in [0.2, 0.25) is 0 Å². The van der Waals surface area contributed by atoms with Crippen molar-refractivity contribution in [2.45, 2.75) is 44.9 Å². The minimum atomic E-state index is -0.257. The number of aryl methyl sites for hydroxylation is 1. The fourth-order valence-corrected chi connectivity index (χ4v) is 2.11. The maximum absolute atomic E-state index is 12.0. The van der Waals surface area contributed by atoms with Crippen LogP contribution in [0.3, 0.4) is 0 Å². The SMILES string of the molecule is CCCn1cc(N)cc1C(=O)NC1CC(O)C1. The van der Waals surface area contributed by atoms with Crippen LogP contribution in [0.1, 0.15) is 36.7 Å². The van der Waals surface area contributed by atoms with Crippen LogP contribution >= 0.6 is 0 Å². The lowest BCUT2D eigenvalue weighted by atomic mass is 9.89. The van der Waals surface area contributed by atoms with E-state index in [1.807, 2.05) is 4.57 Å². The Morgan fingerprint density at radius 2 is 2.35 bits per heavy atom. The molecule has 0 aliphatic heterocycles. The second-order valence-electron chi connectivity index (χ2n) is 4.65. The summed E-state index contributed by atoms with van der Waals surface area (Å²) in [6, 6.07) is 1.80. The molecule has 1 aliphatic carbocycles. The van der Waals surface area contributed by atoms with Gasteiger partial charge in [-0.25, -0.2) is 0 Å². The zero-order valence-corrected chi connectivity index (χ0v) is 10.0. The van der Waals surface area contributed by atoms with E-state index < -0.39 is 0 Å². The Balaban J connectivity index is 2.02. The van der Waals surface area contributed by atoms with E-state index in [0.29, 0.717) is 24.2 Å². The number of nitrogens with zero attached hydrogens (tertiary/aromatic N) is 1. The van der Waals surface area contributed by atoms with Crippen LogP contribution in [0.25, 0.3) is 0 Å². The summed E-state index contributed by atoms with van der Waals surface area (Å²) in [4.78, 5) is 12.0. The van der Waals surface area contributed by atoms with Crippen molar-refractivity contribution in [2.75, 3.05) is 5.73 Å². The number of carbonyl (C=O) groups excluding carboxylic acids is 1. The lowest BCUT2D eigenvalue weighted by Gasteiger charge is -2.31. The Morgan fingerprint density at radius 1 is 1.65 bits per heavy atom.